The van der Waals surface area contributed by atoms with Crippen LogP contribution in [-0.4, -0.2) is 25.2 Å². The molecule has 162 valence electrons. The Balaban J connectivity index is 2.09. The van der Waals surface area contributed by atoms with E-state index in [1.807, 2.05) is 37.3 Å². The lowest BCUT2D eigenvalue weighted by molar-refractivity contribution is -0.162. The summed E-state index contributed by atoms with van der Waals surface area (Å²) in [6.45, 7) is 6.15. The predicted molar refractivity (Wildman–Crippen MR) is 116 cm³/mol. The molecule has 0 radical (unpaired) electrons. The second-order valence-corrected chi connectivity index (χ2v) is 7.27. The fraction of sp³-hybridized carbons (Fsp3) is 0.440. The Morgan fingerprint density at radius 3 is 2.13 bits per heavy atom. The van der Waals surface area contributed by atoms with Gasteiger partial charge in [0.05, 0.1) is 13.2 Å². The summed E-state index contributed by atoms with van der Waals surface area (Å²) in [6.07, 6.45) is 3.34. The molecular formula is C25H31FO4. The third-order valence-electron chi connectivity index (χ3n) is 4.86. The maximum atomic E-state index is 14.7. The second kappa shape index (κ2) is 12.1. The molecule has 1 atom stereocenters. The van der Waals surface area contributed by atoms with E-state index in [2.05, 4.69) is 6.92 Å². The molecule has 0 aliphatic carbocycles. The van der Waals surface area contributed by atoms with Gasteiger partial charge in [0.1, 0.15) is 5.82 Å². The minimum Gasteiger partial charge on any atom is -0.465 e. The standard InChI is InChI=1S/C25H31FO4/c1-4-7-18-8-12-20(13-9-18)21-14-10-19(17-23(21)26)11-15-22(24(27)29-6-3)25(28)30-16-5-2/h8-10,12-14,17,22H,4-7,11,15-16H2,1-3H3. The van der Waals surface area contributed by atoms with Gasteiger partial charge in [-0.25, -0.2) is 4.39 Å². The van der Waals surface area contributed by atoms with Gasteiger partial charge in [0.2, 0.25) is 0 Å². The number of carbonyl (C=O) groups excluding carboxylic acids is 2. The summed E-state index contributed by atoms with van der Waals surface area (Å²) >= 11 is 0. The van der Waals surface area contributed by atoms with E-state index in [0.29, 0.717) is 18.4 Å². The van der Waals surface area contributed by atoms with Crippen LogP contribution in [0.2, 0.25) is 0 Å². The minimum atomic E-state index is -0.995. The van der Waals surface area contributed by atoms with Crippen LogP contribution in [0.1, 0.15) is 51.2 Å². The van der Waals surface area contributed by atoms with Crippen molar-refractivity contribution in [1.82, 2.24) is 0 Å². The minimum absolute atomic E-state index is 0.191. The van der Waals surface area contributed by atoms with E-state index in [1.54, 1.807) is 13.0 Å². The second-order valence-electron chi connectivity index (χ2n) is 7.27. The van der Waals surface area contributed by atoms with Gasteiger partial charge in [-0.1, -0.05) is 56.7 Å². The monoisotopic (exact) mass is 414 g/mol. The van der Waals surface area contributed by atoms with Crippen LogP contribution in [0.15, 0.2) is 42.5 Å². The SMILES string of the molecule is CCCOC(=O)C(CCc1ccc(-c2ccc(CCC)cc2)c(F)c1)C(=O)OCC. The average Bonchev–Trinajstić information content (AvgIpc) is 2.73. The third-order valence-corrected chi connectivity index (χ3v) is 4.86. The number of halogens is 1. The Hall–Kier alpha value is -2.69. The number of esters is 2. The molecule has 0 aliphatic heterocycles. The average molecular weight is 415 g/mol. The zero-order valence-electron chi connectivity index (χ0n) is 18.1. The van der Waals surface area contributed by atoms with E-state index in [4.69, 9.17) is 9.47 Å². The molecule has 4 nitrogen and oxygen atoms in total. The van der Waals surface area contributed by atoms with Crippen LogP contribution < -0.4 is 0 Å². The van der Waals surface area contributed by atoms with Crippen LogP contribution in [0.4, 0.5) is 4.39 Å². The number of benzene rings is 2. The number of hydrogen-bond donors (Lipinski definition) is 0. The first-order valence-corrected chi connectivity index (χ1v) is 10.7. The smallest absolute Gasteiger partial charge is 0.320 e. The van der Waals surface area contributed by atoms with E-state index in [-0.39, 0.29) is 25.5 Å². The summed E-state index contributed by atoms with van der Waals surface area (Å²) < 4.78 is 24.9. The zero-order chi connectivity index (χ0) is 21.9. The van der Waals surface area contributed by atoms with Crippen molar-refractivity contribution in [2.45, 2.75) is 52.9 Å². The lowest BCUT2D eigenvalue weighted by atomic mass is 9.96. The summed E-state index contributed by atoms with van der Waals surface area (Å²) in [5, 5.41) is 0. The van der Waals surface area contributed by atoms with Crippen molar-refractivity contribution in [1.29, 1.82) is 0 Å². The van der Waals surface area contributed by atoms with Gasteiger partial charge in [0, 0.05) is 5.56 Å². The highest BCUT2D eigenvalue weighted by atomic mass is 19.1. The van der Waals surface area contributed by atoms with Crippen LogP contribution in [0.3, 0.4) is 0 Å². The van der Waals surface area contributed by atoms with Crippen molar-refractivity contribution in [3.8, 4) is 11.1 Å². The number of aryl methyl sites for hydroxylation is 2. The van der Waals surface area contributed by atoms with Gasteiger partial charge in [-0.15, -0.1) is 0 Å². The highest BCUT2D eigenvalue weighted by Crippen LogP contribution is 2.25. The molecule has 0 saturated heterocycles. The third kappa shape index (κ3) is 6.68. The van der Waals surface area contributed by atoms with E-state index in [0.717, 1.165) is 24.0 Å². The maximum Gasteiger partial charge on any atom is 0.320 e. The molecule has 1 unspecified atom stereocenters. The number of hydrogen-bond acceptors (Lipinski definition) is 4. The summed E-state index contributed by atoms with van der Waals surface area (Å²) in [6, 6.07) is 13.0. The van der Waals surface area contributed by atoms with Gasteiger partial charge in [0.15, 0.2) is 5.92 Å². The summed E-state index contributed by atoms with van der Waals surface area (Å²) in [4.78, 5) is 24.4. The summed E-state index contributed by atoms with van der Waals surface area (Å²) in [5.74, 6) is -2.50. The van der Waals surface area contributed by atoms with Crippen LogP contribution in [-0.2, 0) is 31.9 Å². The van der Waals surface area contributed by atoms with Gasteiger partial charge < -0.3 is 9.47 Å². The van der Waals surface area contributed by atoms with E-state index in [9.17, 15) is 14.0 Å². The maximum absolute atomic E-state index is 14.7. The normalized spacial score (nSPS) is 11.7. The number of rotatable bonds is 11. The molecule has 0 N–H and O–H groups in total. The predicted octanol–water partition coefficient (Wildman–Crippen LogP) is 5.51. The van der Waals surface area contributed by atoms with Gasteiger partial charge in [0.25, 0.3) is 0 Å². The molecular weight excluding hydrogens is 383 g/mol. The molecule has 0 saturated carbocycles. The highest BCUT2D eigenvalue weighted by Gasteiger charge is 2.29. The largest absolute Gasteiger partial charge is 0.465 e. The fourth-order valence-corrected chi connectivity index (χ4v) is 3.28. The Morgan fingerprint density at radius 1 is 0.867 bits per heavy atom. The molecule has 0 spiro atoms. The Morgan fingerprint density at radius 2 is 1.53 bits per heavy atom. The van der Waals surface area contributed by atoms with Gasteiger partial charge in [-0.2, -0.15) is 0 Å². The molecule has 2 rings (SSSR count). The molecule has 0 amide bonds. The molecule has 0 aliphatic rings. The fourth-order valence-electron chi connectivity index (χ4n) is 3.28. The molecule has 0 bridgehead atoms. The van der Waals surface area contributed by atoms with E-state index in [1.165, 1.54) is 11.6 Å². The highest BCUT2D eigenvalue weighted by molar-refractivity contribution is 5.94. The topological polar surface area (TPSA) is 52.6 Å². The lowest BCUT2D eigenvalue weighted by Crippen LogP contribution is -2.28. The molecule has 30 heavy (non-hydrogen) atoms. The molecule has 2 aromatic rings. The lowest BCUT2D eigenvalue weighted by Gasteiger charge is -2.15. The molecule has 0 aromatic heterocycles. The van der Waals surface area contributed by atoms with Gasteiger partial charge >= 0.3 is 11.9 Å². The number of carbonyl (C=O) groups is 2. The van der Waals surface area contributed by atoms with Gasteiger partial charge in [-0.05, 0) is 55.4 Å². The molecule has 0 fully saturated rings. The van der Waals surface area contributed by atoms with Crippen LogP contribution in [0, 0.1) is 11.7 Å². The first kappa shape index (κ1) is 23.6. The summed E-state index contributed by atoms with van der Waals surface area (Å²) in [7, 11) is 0. The van der Waals surface area contributed by atoms with Crippen molar-refractivity contribution in [3.05, 3.63) is 59.4 Å². The Labute approximate surface area is 178 Å². The Kier molecular flexibility index (Phi) is 9.52. The van der Waals surface area contributed by atoms with E-state index < -0.39 is 17.9 Å². The quantitative estimate of drug-likeness (QED) is 0.359. The van der Waals surface area contributed by atoms with Crippen molar-refractivity contribution >= 4 is 11.9 Å². The van der Waals surface area contributed by atoms with Gasteiger partial charge in [-0.3, -0.25) is 9.59 Å². The van der Waals surface area contributed by atoms with Crippen molar-refractivity contribution in [2.24, 2.45) is 5.92 Å². The van der Waals surface area contributed by atoms with Crippen molar-refractivity contribution in [2.75, 3.05) is 13.2 Å². The van der Waals surface area contributed by atoms with Crippen molar-refractivity contribution in [3.63, 3.8) is 0 Å². The van der Waals surface area contributed by atoms with E-state index >= 15 is 0 Å². The molecule has 2 aromatic carbocycles. The summed E-state index contributed by atoms with van der Waals surface area (Å²) in [5.41, 5.74) is 3.31. The number of ether oxygens (including phenoxy) is 2. The Bertz CT molecular complexity index is 830. The van der Waals surface area contributed by atoms with Crippen LogP contribution in [0.25, 0.3) is 11.1 Å². The first-order chi connectivity index (χ1) is 14.5. The van der Waals surface area contributed by atoms with Crippen LogP contribution >= 0.6 is 0 Å². The van der Waals surface area contributed by atoms with Crippen molar-refractivity contribution < 1.29 is 23.5 Å². The molecule has 0 heterocycles. The zero-order valence-corrected chi connectivity index (χ0v) is 18.1. The first-order valence-electron chi connectivity index (χ1n) is 10.7. The van der Waals surface area contributed by atoms with Crippen LogP contribution in [0.5, 0.6) is 0 Å². The molecule has 5 heteroatoms.